The average molecular weight is 298 g/mol. The normalized spacial score (nSPS) is 19.9. The van der Waals surface area contributed by atoms with Crippen LogP contribution in [0.5, 0.6) is 0 Å². The summed E-state index contributed by atoms with van der Waals surface area (Å²) in [5, 5.41) is 9.84. The topological polar surface area (TPSA) is 79.7 Å². The molecule has 1 aromatic heterocycles. The van der Waals surface area contributed by atoms with Crippen LogP contribution in [0.3, 0.4) is 0 Å². The number of amides is 1. The van der Waals surface area contributed by atoms with Gasteiger partial charge in [-0.2, -0.15) is 0 Å². The van der Waals surface area contributed by atoms with Crippen molar-refractivity contribution in [2.45, 2.75) is 32.3 Å². The number of hydrogen-bond acceptors (Lipinski definition) is 5. The zero-order chi connectivity index (χ0) is 14.9. The van der Waals surface area contributed by atoms with Gasteiger partial charge in [0.05, 0.1) is 24.4 Å². The number of hydrogen-bond donors (Lipinski definition) is 1. The highest BCUT2D eigenvalue weighted by molar-refractivity contribution is 7.13. The molecule has 20 heavy (non-hydrogen) atoms. The standard InChI is InChI=1S/C13H18N2O4S/c1-13(2,3)12-14-6-9(20-12)10(16)15-4-5-19-8(7-15)11(17)18/h6,8H,4-5,7H2,1-3H3,(H,17,18)/t8-/m0/s1. The van der Waals surface area contributed by atoms with Gasteiger partial charge in [0.15, 0.2) is 6.10 Å². The van der Waals surface area contributed by atoms with Crippen molar-refractivity contribution in [3.8, 4) is 0 Å². The van der Waals surface area contributed by atoms with E-state index in [0.29, 0.717) is 11.4 Å². The molecule has 1 saturated heterocycles. The minimum Gasteiger partial charge on any atom is -0.479 e. The Balaban J connectivity index is 2.11. The monoisotopic (exact) mass is 298 g/mol. The fourth-order valence-corrected chi connectivity index (χ4v) is 2.80. The largest absolute Gasteiger partial charge is 0.479 e. The van der Waals surface area contributed by atoms with Gasteiger partial charge in [0.25, 0.3) is 5.91 Å². The van der Waals surface area contributed by atoms with E-state index in [-0.39, 0.29) is 24.5 Å². The number of aromatic nitrogens is 1. The molecule has 6 nitrogen and oxygen atoms in total. The summed E-state index contributed by atoms with van der Waals surface area (Å²) in [4.78, 5) is 29.6. The fraction of sp³-hybridized carbons (Fsp3) is 0.615. The Morgan fingerprint density at radius 1 is 1.50 bits per heavy atom. The highest BCUT2D eigenvalue weighted by atomic mass is 32.1. The Bertz CT molecular complexity index is 521. The summed E-state index contributed by atoms with van der Waals surface area (Å²) in [6, 6.07) is 0. The van der Waals surface area contributed by atoms with Crippen molar-refractivity contribution in [3.63, 3.8) is 0 Å². The first kappa shape index (κ1) is 14.9. The van der Waals surface area contributed by atoms with Crippen LogP contribution in [0.25, 0.3) is 0 Å². The summed E-state index contributed by atoms with van der Waals surface area (Å²) in [5.74, 6) is -1.21. The molecule has 1 atom stereocenters. The molecule has 1 fully saturated rings. The van der Waals surface area contributed by atoms with Crippen LogP contribution in [0.4, 0.5) is 0 Å². The molecule has 0 aromatic carbocycles. The summed E-state index contributed by atoms with van der Waals surface area (Å²) in [6.07, 6.45) is 0.626. The number of ether oxygens (including phenoxy) is 1. The predicted molar refractivity (Wildman–Crippen MR) is 74.1 cm³/mol. The molecule has 0 unspecified atom stereocenters. The predicted octanol–water partition coefficient (Wildman–Crippen LogP) is 1.37. The van der Waals surface area contributed by atoms with Crippen LogP contribution in [-0.2, 0) is 14.9 Å². The highest BCUT2D eigenvalue weighted by Crippen LogP contribution is 2.27. The summed E-state index contributed by atoms with van der Waals surface area (Å²) in [5.41, 5.74) is -0.0994. The number of thiazole rings is 1. The third kappa shape index (κ3) is 3.16. The highest BCUT2D eigenvalue weighted by Gasteiger charge is 2.30. The summed E-state index contributed by atoms with van der Waals surface area (Å²) in [7, 11) is 0. The first-order valence-corrected chi connectivity index (χ1v) is 7.20. The van der Waals surface area contributed by atoms with Crippen molar-refractivity contribution in [1.29, 1.82) is 0 Å². The van der Waals surface area contributed by atoms with Gasteiger partial charge >= 0.3 is 5.97 Å². The lowest BCUT2D eigenvalue weighted by molar-refractivity contribution is -0.154. The lowest BCUT2D eigenvalue weighted by Gasteiger charge is -2.30. The van der Waals surface area contributed by atoms with Crippen molar-refractivity contribution in [1.82, 2.24) is 9.88 Å². The summed E-state index contributed by atoms with van der Waals surface area (Å²) < 4.78 is 5.11. The van der Waals surface area contributed by atoms with E-state index in [4.69, 9.17) is 9.84 Å². The van der Waals surface area contributed by atoms with E-state index >= 15 is 0 Å². The molecule has 7 heteroatoms. The maximum absolute atomic E-state index is 12.4. The maximum atomic E-state index is 12.4. The molecular weight excluding hydrogens is 280 g/mol. The summed E-state index contributed by atoms with van der Waals surface area (Å²) >= 11 is 1.36. The molecule has 0 aliphatic carbocycles. The molecule has 0 spiro atoms. The van der Waals surface area contributed by atoms with Gasteiger partial charge in [-0.25, -0.2) is 9.78 Å². The third-order valence-corrected chi connectivity index (χ3v) is 4.40. The molecule has 1 amide bonds. The fourth-order valence-electron chi connectivity index (χ4n) is 1.86. The molecule has 0 radical (unpaired) electrons. The van der Waals surface area contributed by atoms with Gasteiger partial charge in [-0.3, -0.25) is 4.79 Å². The first-order valence-electron chi connectivity index (χ1n) is 6.39. The van der Waals surface area contributed by atoms with Crippen LogP contribution in [0.1, 0.15) is 35.5 Å². The van der Waals surface area contributed by atoms with Gasteiger partial charge in [-0.1, -0.05) is 20.8 Å². The smallest absolute Gasteiger partial charge is 0.334 e. The second-order valence-corrected chi connectivity index (χ2v) is 6.76. The average Bonchev–Trinajstić information content (AvgIpc) is 2.87. The first-order chi connectivity index (χ1) is 9.29. The lowest BCUT2D eigenvalue weighted by Crippen LogP contribution is -2.48. The third-order valence-electron chi connectivity index (χ3n) is 2.99. The van der Waals surface area contributed by atoms with Gasteiger partial charge in [0.2, 0.25) is 0 Å². The van der Waals surface area contributed by atoms with E-state index in [9.17, 15) is 9.59 Å². The lowest BCUT2D eigenvalue weighted by atomic mass is 9.98. The molecule has 1 N–H and O–H groups in total. The van der Waals surface area contributed by atoms with Crippen molar-refractivity contribution in [3.05, 3.63) is 16.1 Å². The van der Waals surface area contributed by atoms with Gasteiger partial charge in [0, 0.05) is 12.0 Å². The van der Waals surface area contributed by atoms with Gasteiger partial charge in [-0.15, -0.1) is 11.3 Å². The molecule has 0 saturated carbocycles. The van der Waals surface area contributed by atoms with Gasteiger partial charge < -0.3 is 14.7 Å². The van der Waals surface area contributed by atoms with Crippen molar-refractivity contribution in [2.75, 3.05) is 19.7 Å². The number of rotatable bonds is 2. The maximum Gasteiger partial charge on any atom is 0.334 e. The van der Waals surface area contributed by atoms with E-state index in [1.807, 2.05) is 20.8 Å². The Morgan fingerprint density at radius 2 is 2.20 bits per heavy atom. The van der Waals surface area contributed by atoms with Crippen molar-refractivity contribution >= 4 is 23.2 Å². The number of carboxylic acid groups (broad SMARTS) is 1. The van der Waals surface area contributed by atoms with Crippen molar-refractivity contribution in [2.24, 2.45) is 0 Å². The van der Waals surface area contributed by atoms with E-state index in [0.717, 1.165) is 5.01 Å². The van der Waals surface area contributed by atoms with E-state index in [2.05, 4.69) is 4.98 Å². The Kier molecular flexibility index (Phi) is 4.10. The van der Waals surface area contributed by atoms with Crippen LogP contribution in [-0.4, -0.2) is 52.7 Å². The van der Waals surface area contributed by atoms with E-state index in [1.165, 1.54) is 16.2 Å². The van der Waals surface area contributed by atoms with Crippen LogP contribution in [0.15, 0.2) is 6.20 Å². The number of carboxylic acids is 1. The molecule has 1 aliphatic rings. The van der Waals surface area contributed by atoms with E-state index in [1.54, 1.807) is 6.20 Å². The van der Waals surface area contributed by atoms with Crippen LogP contribution in [0.2, 0.25) is 0 Å². The number of morpholine rings is 1. The van der Waals surface area contributed by atoms with Gasteiger partial charge in [-0.05, 0) is 0 Å². The van der Waals surface area contributed by atoms with Crippen LogP contribution < -0.4 is 0 Å². The number of nitrogens with zero attached hydrogens (tertiary/aromatic N) is 2. The van der Waals surface area contributed by atoms with Crippen LogP contribution in [0, 0.1) is 0 Å². The van der Waals surface area contributed by atoms with Gasteiger partial charge in [0.1, 0.15) is 4.88 Å². The molecule has 110 valence electrons. The minimum absolute atomic E-state index is 0.0803. The molecule has 2 heterocycles. The van der Waals surface area contributed by atoms with Crippen LogP contribution >= 0.6 is 11.3 Å². The number of carbonyl (C=O) groups is 2. The molecular formula is C13H18N2O4S. The molecule has 1 aromatic rings. The Morgan fingerprint density at radius 3 is 2.75 bits per heavy atom. The van der Waals surface area contributed by atoms with Crippen molar-refractivity contribution < 1.29 is 19.4 Å². The number of carbonyl (C=O) groups excluding carboxylic acids is 1. The quantitative estimate of drug-likeness (QED) is 0.892. The van der Waals surface area contributed by atoms with E-state index < -0.39 is 12.1 Å². The Labute approximate surface area is 121 Å². The molecule has 1 aliphatic heterocycles. The second kappa shape index (κ2) is 5.49. The Hall–Kier alpha value is -1.47. The minimum atomic E-state index is -1.04. The SMILES string of the molecule is CC(C)(C)c1ncc(C(=O)N2CCO[C@H](C(=O)O)C2)s1. The zero-order valence-corrected chi connectivity index (χ0v) is 12.6. The zero-order valence-electron chi connectivity index (χ0n) is 11.8. The summed E-state index contributed by atoms with van der Waals surface area (Å²) in [6.45, 7) is 6.84. The number of aliphatic carboxylic acids is 1. The second-order valence-electron chi connectivity index (χ2n) is 5.73. The molecule has 0 bridgehead atoms. The molecule has 2 rings (SSSR count).